The number of aryl methyl sites for hydroxylation is 5. The molecule has 22 rings (SSSR count). The van der Waals surface area contributed by atoms with Crippen LogP contribution in [0.5, 0.6) is 5.75 Å². The molecule has 0 unspecified atom stereocenters. The molecule has 22 aromatic rings. The lowest BCUT2D eigenvalue weighted by atomic mass is 9.85. The first kappa shape index (κ1) is 89.0. The molecular weight excluding hydrogens is 1670 g/mol. The third kappa shape index (κ3) is 18.4. The van der Waals surface area contributed by atoms with Crippen molar-refractivity contribution in [2.45, 2.75) is 87.0 Å². The minimum atomic E-state index is 0.0450. The highest BCUT2D eigenvalue weighted by Gasteiger charge is 2.26. The maximum Gasteiger partial charge on any atom is 0.145 e. The van der Waals surface area contributed by atoms with Gasteiger partial charge in [-0.3, -0.25) is 19.1 Å². The van der Waals surface area contributed by atoms with Gasteiger partial charge in [-0.25, -0.2) is 9.97 Å². The molecular formula is C124H104N12O. The average molecular weight is 1780 g/mol. The van der Waals surface area contributed by atoms with Gasteiger partial charge in [-0.1, -0.05) is 227 Å². The van der Waals surface area contributed by atoms with Gasteiger partial charge in [0.2, 0.25) is 0 Å². The van der Waals surface area contributed by atoms with E-state index in [4.69, 9.17) is 14.7 Å². The molecule has 0 atom stereocenters. The second-order valence-corrected chi connectivity index (χ2v) is 37.0. The van der Waals surface area contributed by atoms with E-state index in [0.29, 0.717) is 11.1 Å². The van der Waals surface area contributed by atoms with E-state index in [2.05, 4.69) is 430 Å². The number of imidazole rings is 2. The Labute approximate surface area is 800 Å². The van der Waals surface area contributed by atoms with Crippen LogP contribution in [0.4, 0.5) is 34.1 Å². The fraction of sp³-hybridized carbons (Fsp3) is 0.113. The van der Waals surface area contributed by atoms with Gasteiger partial charge < -0.3 is 23.7 Å². The largest absolute Gasteiger partial charge is 0.497 e. The topological polar surface area (TPSA) is 135 Å². The highest BCUT2D eigenvalue weighted by molar-refractivity contribution is 6.11. The molecule has 16 aromatic carbocycles. The molecule has 0 bridgehead atoms. The molecule has 0 fully saturated rings. The van der Waals surface area contributed by atoms with Gasteiger partial charge in [0.1, 0.15) is 29.5 Å². The highest BCUT2D eigenvalue weighted by atomic mass is 16.5. The molecule has 0 amide bonds. The van der Waals surface area contributed by atoms with Crippen molar-refractivity contribution in [3.8, 4) is 85.7 Å². The van der Waals surface area contributed by atoms with Crippen molar-refractivity contribution >= 4 is 99.8 Å². The van der Waals surface area contributed by atoms with Crippen molar-refractivity contribution in [1.82, 2.24) is 38.2 Å². The Hall–Kier alpha value is -17.3. The quantitative estimate of drug-likeness (QED) is 0.0983. The molecule has 666 valence electrons. The number of hydrogen-bond donors (Lipinski definition) is 0. The highest BCUT2D eigenvalue weighted by Crippen LogP contribution is 2.45. The summed E-state index contributed by atoms with van der Waals surface area (Å²) in [5.74, 6) is 2.67. The second-order valence-electron chi connectivity index (χ2n) is 37.0. The Bertz CT molecular complexity index is 8080. The maximum absolute atomic E-state index is 10.1. The molecule has 137 heavy (non-hydrogen) atoms. The Morgan fingerprint density at radius 2 is 0.606 bits per heavy atom. The molecule has 0 spiro atoms. The molecule has 0 aliphatic heterocycles. The van der Waals surface area contributed by atoms with Crippen LogP contribution in [0.25, 0.3) is 133 Å². The number of pyridine rings is 2. The molecule has 0 saturated carbocycles. The molecule has 0 radical (unpaired) electrons. The third-order valence-corrected chi connectivity index (χ3v) is 25.4. The SMILES string of the molecule is CC(C)(C)c1ccc2c(c1)c1cc(C(C)(C)C)ccc1n2-c1cc(-c2ccncc2)ccc1C#N.COc1ccc(N(c2ccc(C)cc2)c2cccc(-c3nc4ccccc4n3-c3ccccc3)c2)cc1.Cc1ccc(N(c2ccc(C)cc2)c2cccc(-c3nc4ccccc4n3-c3ccccc3)c2)cc1.Cc1ccc2c(c1)c1cc(C)ccc1n2-c1cc(-c2ccncc2)ccc1C#N. The number of hydrogen-bond acceptors (Lipinski definition) is 9. The molecule has 13 heteroatoms. The Morgan fingerprint density at radius 1 is 0.270 bits per heavy atom. The van der Waals surface area contributed by atoms with Crippen LogP contribution in [0.3, 0.4) is 0 Å². The number of rotatable bonds is 15. The number of benzene rings is 16. The van der Waals surface area contributed by atoms with Crippen LogP contribution in [0.15, 0.2) is 413 Å². The molecule has 6 aromatic heterocycles. The summed E-state index contributed by atoms with van der Waals surface area (Å²) < 4.78 is 14.4. The third-order valence-electron chi connectivity index (χ3n) is 25.4. The Kier molecular flexibility index (Phi) is 24.8. The zero-order chi connectivity index (χ0) is 94.6. The molecule has 13 nitrogen and oxygen atoms in total. The van der Waals surface area contributed by atoms with Crippen LogP contribution in [0.1, 0.15) is 91.6 Å². The first-order valence-corrected chi connectivity index (χ1v) is 46.3. The van der Waals surface area contributed by atoms with Crippen LogP contribution in [0, 0.1) is 57.3 Å². The zero-order valence-corrected chi connectivity index (χ0v) is 79.0. The van der Waals surface area contributed by atoms with E-state index in [1.54, 1.807) is 31.9 Å². The van der Waals surface area contributed by atoms with Crippen molar-refractivity contribution in [1.29, 1.82) is 10.5 Å². The summed E-state index contributed by atoms with van der Waals surface area (Å²) in [5, 5.41) is 24.7. The van der Waals surface area contributed by atoms with E-state index in [1.165, 1.54) is 60.5 Å². The predicted octanol–water partition coefficient (Wildman–Crippen LogP) is 31.9. The zero-order valence-electron chi connectivity index (χ0n) is 79.0. The van der Waals surface area contributed by atoms with E-state index >= 15 is 0 Å². The Morgan fingerprint density at radius 3 is 0.964 bits per heavy atom. The minimum Gasteiger partial charge on any atom is -0.497 e. The summed E-state index contributed by atoms with van der Waals surface area (Å²) in [6, 6.07) is 140. The summed E-state index contributed by atoms with van der Waals surface area (Å²) >= 11 is 0. The van der Waals surface area contributed by atoms with Crippen molar-refractivity contribution in [3.63, 3.8) is 0 Å². The van der Waals surface area contributed by atoms with Crippen LogP contribution >= 0.6 is 0 Å². The van der Waals surface area contributed by atoms with E-state index in [-0.39, 0.29) is 10.8 Å². The Balaban J connectivity index is 0.000000117. The monoisotopic (exact) mass is 1780 g/mol. The van der Waals surface area contributed by atoms with Crippen LogP contribution in [0.2, 0.25) is 0 Å². The summed E-state index contributed by atoms with van der Waals surface area (Å²) in [7, 11) is 1.69. The van der Waals surface area contributed by atoms with Gasteiger partial charge in [0.25, 0.3) is 0 Å². The maximum atomic E-state index is 10.1. The van der Waals surface area contributed by atoms with Gasteiger partial charge in [0.05, 0.1) is 73.7 Å². The van der Waals surface area contributed by atoms with Gasteiger partial charge in [-0.2, -0.15) is 10.5 Å². The van der Waals surface area contributed by atoms with Crippen LogP contribution in [-0.2, 0) is 10.8 Å². The molecule has 0 aliphatic rings. The van der Waals surface area contributed by atoms with Gasteiger partial charge in [0.15, 0.2) is 0 Å². The van der Waals surface area contributed by atoms with Crippen molar-refractivity contribution < 1.29 is 4.74 Å². The smallest absolute Gasteiger partial charge is 0.145 e. The first-order chi connectivity index (χ1) is 66.6. The number of nitrogens with zero attached hydrogens (tertiary/aromatic N) is 12. The fourth-order valence-electron chi connectivity index (χ4n) is 18.2. The van der Waals surface area contributed by atoms with Gasteiger partial charge in [-0.05, 0) is 309 Å². The lowest BCUT2D eigenvalue weighted by molar-refractivity contribution is 0.415. The summed E-state index contributed by atoms with van der Waals surface area (Å²) in [4.78, 5) is 23.0. The number of ether oxygens (including phenoxy) is 1. The van der Waals surface area contributed by atoms with E-state index in [9.17, 15) is 10.5 Å². The summed E-state index contributed by atoms with van der Waals surface area (Å²) in [5.41, 5.74) is 35.7. The minimum absolute atomic E-state index is 0.0450. The summed E-state index contributed by atoms with van der Waals surface area (Å²) in [6.07, 6.45) is 7.18. The van der Waals surface area contributed by atoms with E-state index in [0.717, 1.165) is 152 Å². The normalized spacial score (nSPS) is 11.3. The first-order valence-electron chi connectivity index (χ1n) is 46.3. The van der Waals surface area contributed by atoms with Crippen molar-refractivity contribution in [3.05, 3.63) is 463 Å². The number of fused-ring (bicyclic) bond motifs is 8. The van der Waals surface area contributed by atoms with Gasteiger partial charge in [-0.15, -0.1) is 0 Å². The van der Waals surface area contributed by atoms with Crippen LogP contribution in [-0.4, -0.2) is 45.3 Å². The number of aromatic nitrogens is 8. The number of para-hydroxylation sites is 6. The second kappa shape index (κ2) is 38.1. The summed E-state index contributed by atoms with van der Waals surface area (Å²) in [6.45, 7) is 24.1. The van der Waals surface area contributed by atoms with Crippen molar-refractivity contribution in [2.24, 2.45) is 0 Å². The molecule has 6 heterocycles. The van der Waals surface area contributed by atoms with E-state index < -0.39 is 0 Å². The fourth-order valence-corrected chi connectivity index (χ4v) is 18.2. The lowest BCUT2D eigenvalue weighted by Crippen LogP contribution is -2.10. The molecule has 0 aliphatic carbocycles. The van der Waals surface area contributed by atoms with E-state index in [1.807, 2.05) is 84.9 Å². The number of anilines is 6. The lowest BCUT2D eigenvalue weighted by Gasteiger charge is -2.26. The predicted molar refractivity (Wildman–Crippen MR) is 567 cm³/mol. The van der Waals surface area contributed by atoms with Gasteiger partial charge >= 0.3 is 0 Å². The standard InChI is InChI=1S/C33H27N3O.C33H27N3.C32H31N3.C26H19N3/c1-24-15-17-27(18-16-24)35(28-19-21-30(37-2)22-20-28)29-12-8-9-25(23-29)33-34-31-13-6-7-14-32(31)36(33)26-10-4-3-5-11-26;1-24-15-19-28(20-16-24)35(29-21-17-25(2)18-22-29)30-12-8-9-26(23-30)33-34-31-13-6-7-14-32(31)36(33)27-10-4-3-5-11-27;1-31(2,3)24-9-11-28-26(18-24)27-19-25(32(4,5)6)10-12-29(27)35(28)30-17-22(7-8-23(30)20-33)21-13-15-34-16-14-21;1-17-3-7-24-22(13-17)23-14-18(2)4-8-25(23)29(24)26-15-20(5-6-21(26)16-27)19-9-11-28-12-10-19/h3-23H,1-2H3;3-23H,1-2H3;7-19H,1-6H3;3-15H,1-2H3. The molecule has 0 N–H and O–H groups in total. The number of methoxy groups -OCH3 is 1. The average Bonchev–Trinajstić information content (AvgIpc) is 1.60. The number of nitriles is 2. The van der Waals surface area contributed by atoms with Gasteiger partial charge in [0, 0.05) is 103 Å². The van der Waals surface area contributed by atoms with Crippen molar-refractivity contribution in [2.75, 3.05) is 16.9 Å². The molecule has 0 saturated heterocycles. The van der Waals surface area contributed by atoms with Crippen LogP contribution < -0.4 is 14.5 Å².